The molecule has 5 heteroatoms. The summed E-state index contributed by atoms with van der Waals surface area (Å²) in [5.74, 6) is -0.431. The van der Waals surface area contributed by atoms with E-state index >= 15 is 0 Å². The van der Waals surface area contributed by atoms with E-state index in [9.17, 15) is 9.18 Å². The molecule has 98 valence electrons. The van der Waals surface area contributed by atoms with Gasteiger partial charge in [-0.3, -0.25) is 4.79 Å². The number of halogens is 1. The third kappa shape index (κ3) is 2.98. The minimum absolute atomic E-state index is 0.0662. The molecule has 1 fully saturated rings. The summed E-state index contributed by atoms with van der Waals surface area (Å²) >= 11 is 0. The molecule has 4 nitrogen and oxygen atoms in total. The van der Waals surface area contributed by atoms with Crippen molar-refractivity contribution in [3.05, 3.63) is 29.6 Å². The molecular weight excluding hydrogens is 235 g/mol. The van der Waals surface area contributed by atoms with Crippen LogP contribution in [0.4, 0.5) is 4.39 Å². The Labute approximate surface area is 105 Å². The van der Waals surface area contributed by atoms with Gasteiger partial charge in [-0.2, -0.15) is 0 Å². The molecule has 2 rings (SSSR count). The fourth-order valence-corrected chi connectivity index (χ4v) is 2.19. The van der Waals surface area contributed by atoms with Crippen LogP contribution >= 0.6 is 0 Å². The van der Waals surface area contributed by atoms with Crippen LogP contribution in [0.5, 0.6) is 5.75 Å². The number of amides is 1. The summed E-state index contributed by atoms with van der Waals surface area (Å²) in [6.07, 6.45) is 1.26. The van der Waals surface area contributed by atoms with Crippen LogP contribution in [0.25, 0.3) is 0 Å². The van der Waals surface area contributed by atoms with Crippen LogP contribution in [0.2, 0.25) is 0 Å². The first-order chi connectivity index (χ1) is 8.56. The van der Waals surface area contributed by atoms with Gasteiger partial charge in [-0.15, -0.1) is 0 Å². The minimum atomic E-state index is -0.421. The third-order valence-electron chi connectivity index (χ3n) is 3.20. The van der Waals surface area contributed by atoms with E-state index < -0.39 is 5.82 Å². The van der Waals surface area contributed by atoms with Crippen molar-refractivity contribution in [2.24, 2.45) is 0 Å². The van der Waals surface area contributed by atoms with Crippen molar-refractivity contribution in [1.29, 1.82) is 0 Å². The maximum Gasteiger partial charge on any atom is 0.220 e. The zero-order chi connectivity index (χ0) is 13.1. The first-order valence-electron chi connectivity index (χ1n) is 6.07. The number of piperidine rings is 1. The minimum Gasteiger partial charge on any atom is -0.508 e. The van der Waals surface area contributed by atoms with Gasteiger partial charge in [0.2, 0.25) is 5.91 Å². The Morgan fingerprint density at radius 3 is 2.94 bits per heavy atom. The summed E-state index contributed by atoms with van der Waals surface area (Å²) in [6.45, 7) is 2.44. The first-order valence-corrected chi connectivity index (χ1v) is 6.07. The second kappa shape index (κ2) is 5.35. The van der Waals surface area contributed by atoms with E-state index in [0.29, 0.717) is 18.5 Å². The zero-order valence-electron chi connectivity index (χ0n) is 10.2. The van der Waals surface area contributed by atoms with Crippen molar-refractivity contribution >= 4 is 5.91 Å². The van der Waals surface area contributed by atoms with Crippen molar-refractivity contribution in [1.82, 2.24) is 10.6 Å². The molecule has 1 amide bonds. The molecule has 18 heavy (non-hydrogen) atoms. The molecule has 0 saturated carbocycles. The second-order valence-corrected chi connectivity index (χ2v) is 4.63. The maximum absolute atomic E-state index is 13.6. The Balaban J connectivity index is 1.98. The van der Waals surface area contributed by atoms with Gasteiger partial charge in [0.05, 0.1) is 0 Å². The molecule has 0 bridgehead atoms. The maximum atomic E-state index is 13.6. The first kappa shape index (κ1) is 12.8. The van der Waals surface area contributed by atoms with Crippen LogP contribution in [0, 0.1) is 5.82 Å². The van der Waals surface area contributed by atoms with Gasteiger partial charge in [0, 0.05) is 36.7 Å². The van der Waals surface area contributed by atoms with Gasteiger partial charge < -0.3 is 15.7 Å². The van der Waals surface area contributed by atoms with Gasteiger partial charge in [-0.25, -0.2) is 4.39 Å². The lowest BCUT2D eigenvalue weighted by molar-refractivity contribution is -0.122. The standard InChI is InChI=1S/C13H17FN2O2/c1-8(11-4-3-10(17)6-12(11)14)16-9-2-5-13(18)15-7-9/h3-4,6,8-9,16-17H,2,5,7H2,1H3,(H,15,18). The molecule has 0 aromatic heterocycles. The van der Waals surface area contributed by atoms with Crippen LogP contribution < -0.4 is 10.6 Å². The highest BCUT2D eigenvalue weighted by atomic mass is 19.1. The summed E-state index contributed by atoms with van der Waals surface area (Å²) in [7, 11) is 0. The summed E-state index contributed by atoms with van der Waals surface area (Å²) in [5, 5.41) is 15.2. The smallest absolute Gasteiger partial charge is 0.220 e. The zero-order valence-corrected chi connectivity index (χ0v) is 10.2. The van der Waals surface area contributed by atoms with Crippen molar-refractivity contribution in [2.45, 2.75) is 31.8 Å². The fourth-order valence-electron chi connectivity index (χ4n) is 2.19. The average Bonchev–Trinajstić information content (AvgIpc) is 2.32. The highest BCUT2D eigenvalue weighted by molar-refractivity contribution is 5.76. The van der Waals surface area contributed by atoms with Gasteiger partial charge in [0.15, 0.2) is 0 Å². The molecular formula is C13H17FN2O2. The van der Waals surface area contributed by atoms with E-state index in [4.69, 9.17) is 5.11 Å². The molecule has 1 aliphatic heterocycles. The normalized spacial score (nSPS) is 21.4. The number of rotatable bonds is 3. The monoisotopic (exact) mass is 252 g/mol. The molecule has 1 aliphatic rings. The quantitative estimate of drug-likeness (QED) is 0.763. The molecule has 1 heterocycles. The highest BCUT2D eigenvalue weighted by Crippen LogP contribution is 2.22. The number of phenols is 1. The number of nitrogens with one attached hydrogen (secondary N) is 2. The van der Waals surface area contributed by atoms with Crippen LogP contribution in [-0.2, 0) is 4.79 Å². The fraction of sp³-hybridized carbons (Fsp3) is 0.462. The van der Waals surface area contributed by atoms with Crippen molar-refractivity contribution in [3.8, 4) is 5.75 Å². The molecule has 1 aromatic rings. The summed E-state index contributed by atoms with van der Waals surface area (Å²) in [5.41, 5.74) is 0.518. The Kier molecular flexibility index (Phi) is 3.81. The molecule has 0 aliphatic carbocycles. The van der Waals surface area contributed by atoms with Crippen molar-refractivity contribution < 1.29 is 14.3 Å². The lowest BCUT2D eigenvalue weighted by atomic mass is 10.0. The number of hydrogen-bond acceptors (Lipinski definition) is 3. The number of carbonyl (C=O) groups excluding carboxylic acids is 1. The number of benzene rings is 1. The van der Waals surface area contributed by atoms with Gasteiger partial charge in [0.25, 0.3) is 0 Å². The van der Waals surface area contributed by atoms with Crippen LogP contribution in [0.3, 0.4) is 0 Å². The SMILES string of the molecule is CC(NC1CCC(=O)NC1)c1ccc(O)cc1F. The number of phenolic OH excluding ortho intramolecular Hbond substituents is 1. The van der Waals surface area contributed by atoms with Gasteiger partial charge in [-0.1, -0.05) is 6.07 Å². The van der Waals surface area contributed by atoms with Crippen molar-refractivity contribution in [3.63, 3.8) is 0 Å². The van der Waals surface area contributed by atoms with E-state index in [0.717, 1.165) is 12.5 Å². The van der Waals surface area contributed by atoms with Crippen LogP contribution in [0.15, 0.2) is 18.2 Å². The predicted molar refractivity (Wildman–Crippen MR) is 65.6 cm³/mol. The number of aromatic hydroxyl groups is 1. The Bertz CT molecular complexity index is 441. The molecule has 3 N–H and O–H groups in total. The number of hydrogen-bond donors (Lipinski definition) is 3. The molecule has 0 radical (unpaired) electrons. The van der Waals surface area contributed by atoms with Gasteiger partial charge in [0.1, 0.15) is 11.6 Å². The molecule has 0 spiro atoms. The van der Waals surface area contributed by atoms with Gasteiger partial charge >= 0.3 is 0 Å². The Morgan fingerprint density at radius 2 is 2.33 bits per heavy atom. The summed E-state index contributed by atoms with van der Waals surface area (Å²) < 4.78 is 13.6. The molecule has 2 unspecified atom stereocenters. The predicted octanol–water partition coefficient (Wildman–Crippen LogP) is 1.46. The van der Waals surface area contributed by atoms with E-state index in [1.807, 2.05) is 6.92 Å². The average molecular weight is 252 g/mol. The topological polar surface area (TPSA) is 61.4 Å². The van der Waals surface area contributed by atoms with Crippen molar-refractivity contribution in [2.75, 3.05) is 6.54 Å². The lowest BCUT2D eigenvalue weighted by Crippen LogP contribution is -2.46. The molecule has 2 atom stereocenters. The summed E-state index contributed by atoms with van der Waals surface area (Å²) in [4.78, 5) is 11.0. The molecule has 1 aromatic carbocycles. The van der Waals surface area contributed by atoms with Crippen LogP contribution in [-0.4, -0.2) is 23.6 Å². The molecule has 1 saturated heterocycles. The Morgan fingerprint density at radius 1 is 1.56 bits per heavy atom. The second-order valence-electron chi connectivity index (χ2n) is 4.63. The Hall–Kier alpha value is -1.62. The number of carbonyl (C=O) groups is 1. The lowest BCUT2D eigenvalue weighted by Gasteiger charge is -2.27. The highest BCUT2D eigenvalue weighted by Gasteiger charge is 2.21. The van der Waals surface area contributed by atoms with E-state index in [1.165, 1.54) is 6.07 Å². The van der Waals surface area contributed by atoms with E-state index in [2.05, 4.69) is 10.6 Å². The van der Waals surface area contributed by atoms with Gasteiger partial charge in [-0.05, 0) is 19.4 Å². The third-order valence-corrected chi connectivity index (χ3v) is 3.20. The van der Waals surface area contributed by atoms with Crippen LogP contribution in [0.1, 0.15) is 31.4 Å². The van der Waals surface area contributed by atoms with E-state index in [1.54, 1.807) is 6.07 Å². The summed E-state index contributed by atoms with van der Waals surface area (Å²) in [6, 6.07) is 4.15. The van der Waals surface area contributed by atoms with E-state index in [-0.39, 0.29) is 23.7 Å². The largest absolute Gasteiger partial charge is 0.508 e.